The quantitative estimate of drug-likeness (QED) is 0.842. The summed E-state index contributed by atoms with van der Waals surface area (Å²) < 4.78 is 11.1. The van der Waals surface area contributed by atoms with Crippen LogP contribution in [0.1, 0.15) is 45.0 Å². The van der Waals surface area contributed by atoms with Crippen LogP contribution in [0.25, 0.3) is 0 Å². The number of carbonyl (C=O) groups is 1. The van der Waals surface area contributed by atoms with Gasteiger partial charge in [-0.2, -0.15) is 10.2 Å². The zero-order chi connectivity index (χ0) is 17.5. The third kappa shape index (κ3) is 3.37. The molecule has 0 spiro atoms. The molecule has 0 radical (unpaired) electrons. The van der Waals surface area contributed by atoms with Gasteiger partial charge in [-0.15, -0.1) is 0 Å². The van der Waals surface area contributed by atoms with Gasteiger partial charge in [0.1, 0.15) is 11.2 Å². The first-order chi connectivity index (χ1) is 11.2. The van der Waals surface area contributed by atoms with E-state index in [0.29, 0.717) is 31.7 Å². The molecule has 2 saturated heterocycles. The first kappa shape index (κ1) is 17.1. The van der Waals surface area contributed by atoms with Crippen LogP contribution in [-0.4, -0.2) is 57.2 Å². The first-order valence-electron chi connectivity index (χ1n) is 8.30. The number of amides is 1. The zero-order valence-electron chi connectivity index (χ0n) is 14.7. The van der Waals surface area contributed by atoms with Gasteiger partial charge in [0.05, 0.1) is 36.7 Å². The minimum atomic E-state index is -1.10. The number of aromatic nitrogens is 2. The highest BCUT2D eigenvalue weighted by Crippen LogP contribution is 2.40. The number of aliphatic hydroxyl groups is 1. The van der Waals surface area contributed by atoms with Crippen LogP contribution in [0.15, 0.2) is 12.1 Å². The van der Waals surface area contributed by atoms with E-state index in [2.05, 4.69) is 10.2 Å². The number of fused-ring (bicyclic) bond motifs is 2. The number of carbonyl (C=O) groups excluding carboxylic acids is 1. The molecule has 2 bridgehead atoms. The molecule has 7 nitrogen and oxygen atoms in total. The van der Waals surface area contributed by atoms with E-state index in [-0.39, 0.29) is 18.2 Å². The third-order valence-electron chi connectivity index (χ3n) is 4.43. The Bertz CT molecular complexity index is 597. The fourth-order valence-corrected chi connectivity index (χ4v) is 3.45. The Morgan fingerprint density at radius 2 is 1.92 bits per heavy atom. The lowest BCUT2D eigenvalue weighted by molar-refractivity contribution is -0.142. The maximum Gasteiger partial charge on any atom is 0.410 e. The Balaban J connectivity index is 1.82. The normalized spacial score (nSPS) is 30.1. The molecular formula is C17H25N3O4. The predicted molar refractivity (Wildman–Crippen MR) is 86.4 cm³/mol. The van der Waals surface area contributed by atoms with Crippen molar-refractivity contribution >= 4 is 6.09 Å². The largest absolute Gasteiger partial charge is 0.444 e. The highest BCUT2D eigenvalue weighted by atomic mass is 16.6. The van der Waals surface area contributed by atoms with Gasteiger partial charge in [-0.05, 0) is 39.8 Å². The maximum absolute atomic E-state index is 12.6. The number of aryl methyl sites for hydroxylation is 1. The van der Waals surface area contributed by atoms with Crippen LogP contribution in [0.5, 0.6) is 0 Å². The standard InChI is InChI=1S/C17H25N3O4/c1-11-5-6-14(19-18-11)17(22)7-12-9-23-10-13(8-17)20(12)15(21)24-16(2,3)4/h5-6,12-13,22H,7-10H2,1-4H3. The third-order valence-corrected chi connectivity index (χ3v) is 4.43. The number of hydrogen-bond acceptors (Lipinski definition) is 6. The zero-order valence-corrected chi connectivity index (χ0v) is 14.7. The lowest BCUT2D eigenvalue weighted by atomic mass is 9.79. The number of morpholine rings is 1. The van der Waals surface area contributed by atoms with Gasteiger partial charge in [-0.25, -0.2) is 4.79 Å². The van der Waals surface area contributed by atoms with Crippen molar-refractivity contribution in [1.82, 2.24) is 15.1 Å². The van der Waals surface area contributed by atoms with Crippen LogP contribution < -0.4 is 0 Å². The summed E-state index contributed by atoms with van der Waals surface area (Å²) in [6.45, 7) is 8.17. The Hall–Kier alpha value is -1.73. The molecule has 3 heterocycles. The van der Waals surface area contributed by atoms with Crippen LogP contribution in [0.4, 0.5) is 4.79 Å². The van der Waals surface area contributed by atoms with Gasteiger partial charge in [0, 0.05) is 12.8 Å². The van der Waals surface area contributed by atoms with Crippen molar-refractivity contribution in [3.63, 3.8) is 0 Å². The molecule has 1 aromatic heterocycles. The van der Waals surface area contributed by atoms with Gasteiger partial charge in [-0.1, -0.05) is 0 Å². The van der Waals surface area contributed by atoms with Gasteiger partial charge in [0.15, 0.2) is 0 Å². The second-order valence-corrected chi connectivity index (χ2v) is 7.73. The van der Waals surface area contributed by atoms with Crippen molar-refractivity contribution in [3.05, 3.63) is 23.5 Å². The number of rotatable bonds is 1. The first-order valence-corrected chi connectivity index (χ1v) is 8.30. The van der Waals surface area contributed by atoms with E-state index in [0.717, 1.165) is 5.69 Å². The van der Waals surface area contributed by atoms with Crippen LogP contribution in [-0.2, 0) is 15.1 Å². The number of piperidine rings is 1. The maximum atomic E-state index is 12.6. The molecule has 24 heavy (non-hydrogen) atoms. The van der Waals surface area contributed by atoms with E-state index in [4.69, 9.17) is 9.47 Å². The average Bonchev–Trinajstić information content (AvgIpc) is 2.44. The number of ether oxygens (including phenoxy) is 2. The van der Waals surface area contributed by atoms with Crippen molar-refractivity contribution in [2.75, 3.05) is 13.2 Å². The summed E-state index contributed by atoms with van der Waals surface area (Å²) in [6.07, 6.45) is 0.374. The molecule has 1 amide bonds. The molecule has 2 unspecified atom stereocenters. The highest BCUT2D eigenvalue weighted by Gasteiger charge is 2.50. The lowest BCUT2D eigenvalue weighted by Gasteiger charge is -2.50. The lowest BCUT2D eigenvalue weighted by Crippen LogP contribution is -2.63. The van der Waals surface area contributed by atoms with Crippen LogP contribution >= 0.6 is 0 Å². The molecule has 2 atom stereocenters. The second kappa shape index (κ2) is 5.97. The molecule has 1 N–H and O–H groups in total. The topological polar surface area (TPSA) is 84.8 Å². The molecule has 0 saturated carbocycles. The van der Waals surface area contributed by atoms with Gasteiger partial charge in [0.25, 0.3) is 0 Å². The number of hydrogen-bond donors (Lipinski definition) is 1. The Kier molecular flexibility index (Phi) is 4.25. The molecule has 2 fully saturated rings. The van der Waals surface area contributed by atoms with E-state index in [9.17, 15) is 9.90 Å². The predicted octanol–water partition coefficient (Wildman–Crippen LogP) is 1.77. The summed E-state index contributed by atoms with van der Waals surface area (Å²) in [5.74, 6) is 0. The van der Waals surface area contributed by atoms with Crippen LogP contribution in [0.2, 0.25) is 0 Å². The molecule has 0 aromatic carbocycles. The van der Waals surface area contributed by atoms with Gasteiger partial charge >= 0.3 is 6.09 Å². The summed E-state index contributed by atoms with van der Waals surface area (Å²) in [4.78, 5) is 14.3. The summed E-state index contributed by atoms with van der Waals surface area (Å²) in [6, 6.07) is 3.18. The highest BCUT2D eigenvalue weighted by molar-refractivity contribution is 5.69. The summed E-state index contributed by atoms with van der Waals surface area (Å²) in [5.41, 5.74) is -0.299. The number of nitrogens with zero attached hydrogens (tertiary/aromatic N) is 3. The molecule has 2 aliphatic heterocycles. The summed E-state index contributed by atoms with van der Waals surface area (Å²) in [5, 5.41) is 19.3. The van der Waals surface area contributed by atoms with Crippen molar-refractivity contribution in [2.45, 2.75) is 63.8 Å². The minimum absolute atomic E-state index is 0.236. The van der Waals surface area contributed by atoms with Gasteiger partial charge in [0.2, 0.25) is 0 Å². The van der Waals surface area contributed by atoms with Crippen LogP contribution in [0, 0.1) is 6.92 Å². The van der Waals surface area contributed by atoms with Gasteiger partial charge in [-0.3, -0.25) is 4.90 Å². The summed E-state index contributed by atoms with van der Waals surface area (Å²) >= 11 is 0. The fraction of sp³-hybridized carbons (Fsp3) is 0.706. The van der Waals surface area contributed by atoms with Gasteiger partial charge < -0.3 is 14.6 Å². The Labute approximate surface area is 142 Å². The molecule has 0 aliphatic carbocycles. The second-order valence-electron chi connectivity index (χ2n) is 7.73. The molecule has 2 aliphatic rings. The van der Waals surface area contributed by atoms with E-state index in [1.807, 2.05) is 39.8 Å². The average molecular weight is 335 g/mol. The summed E-state index contributed by atoms with van der Waals surface area (Å²) in [7, 11) is 0. The van der Waals surface area contributed by atoms with Crippen molar-refractivity contribution in [2.24, 2.45) is 0 Å². The molecule has 132 valence electrons. The molecular weight excluding hydrogens is 310 g/mol. The van der Waals surface area contributed by atoms with Crippen molar-refractivity contribution in [3.8, 4) is 0 Å². The van der Waals surface area contributed by atoms with E-state index in [1.54, 1.807) is 4.90 Å². The van der Waals surface area contributed by atoms with Crippen molar-refractivity contribution in [1.29, 1.82) is 0 Å². The SMILES string of the molecule is Cc1ccc(C2(O)CC3COCC(C2)N3C(=O)OC(C)(C)C)nn1. The molecule has 7 heteroatoms. The fourth-order valence-electron chi connectivity index (χ4n) is 3.45. The molecule has 1 aromatic rings. The monoisotopic (exact) mass is 335 g/mol. The smallest absolute Gasteiger partial charge is 0.410 e. The van der Waals surface area contributed by atoms with Crippen LogP contribution in [0.3, 0.4) is 0 Å². The van der Waals surface area contributed by atoms with E-state index >= 15 is 0 Å². The van der Waals surface area contributed by atoms with E-state index in [1.165, 1.54) is 0 Å². The Morgan fingerprint density at radius 1 is 1.29 bits per heavy atom. The van der Waals surface area contributed by atoms with Crippen molar-refractivity contribution < 1.29 is 19.4 Å². The van der Waals surface area contributed by atoms with E-state index < -0.39 is 11.2 Å². The minimum Gasteiger partial charge on any atom is -0.444 e. The Morgan fingerprint density at radius 3 is 2.42 bits per heavy atom. The molecule has 3 rings (SSSR count).